The normalized spacial score (nSPS) is 25.2. The van der Waals surface area contributed by atoms with E-state index in [4.69, 9.17) is 9.47 Å². The van der Waals surface area contributed by atoms with Crippen LogP contribution in [0.3, 0.4) is 0 Å². The first-order chi connectivity index (χ1) is 13.7. The molecule has 1 aromatic heterocycles. The van der Waals surface area contributed by atoms with Crippen LogP contribution in [-0.4, -0.2) is 102 Å². The van der Waals surface area contributed by atoms with Crippen molar-refractivity contribution in [2.75, 3.05) is 52.5 Å². The Morgan fingerprint density at radius 3 is 2.89 bits per heavy atom. The van der Waals surface area contributed by atoms with Crippen LogP contribution < -0.4 is 0 Å². The molecule has 28 heavy (non-hydrogen) atoms. The van der Waals surface area contributed by atoms with E-state index in [1.165, 1.54) is 0 Å². The third kappa shape index (κ3) is 4.00. The topological polar surface area (TPSA) is 91.0 Å². The van der Waals surface area contributed by atoms with Crippen LogP contribution >= 0.6 is 0 Å². The minimum absolute atomic E-state index is 0.0600. The number of carbonyl (C=O) groups excluding carboxylic acids is 2. The average Bonchev–Trinajstić information content (AvgIpc) is 3.39. The maximum atomic E-state index is 12.8. The molecule has 0 aromatic carbocycles. The summed E-state index contributed by atoms with van der Waals surface area (Å²) in [4.78, 5) is 30.9. The van der Waals surface area contributed by atoms with Crippen LogP contribution in [0.25, 0.3) is 0 Å². The lowest BCUT2D eigenvalue weighted by Gasteiger charge is -2.28. The molecule has 0 bridgehead atoms. The Hall–Kier alpha value is -2.13. The van der Waals surface area contributed by atoms with Crippen molar-refractivity contribution in [1.29, 1.82) is 0 Å². The number of hydrogen-bond donors (Lipinski definition) is 1. The Bertz CT molecular complexity index is 702. The number of nitrogens with zero attached hydrogens (tertiary/aromatic N) is 4. The van der Waals surface area contributed by atoms with Crippen molar-refractivity contribution >= 4 is 12.0 Å². The Morgan fingerprint density at radius 1 is 1.29 bits per heavy atom. The van der Waals surface area contributed by atoms with E-state index in [-0.39, 0.29) is 24.1 Å². The molecule has 2 amide bonds. The molecule has 3 aliphatic rings. The molecule has 3 fully saturated rings. The molecule has 9 heteroatoms. The van der Waals surface area contributed by atoms with Crippen LogP contribution in [0.15, 0.2) is 6.07 Å². The molecule has 3 saturated heterocycles. The monoisotopic (exact) mass is 391 g/mol. The molecule has 0 unspecified atom stereocenters. The van der Waals surface area contributed by atoms with E-state index in [1.807, 2.05) is 6.07 Å². The highest BCUT2D eigenvalue weighted by molar-refractivity contribution is 5.93. The van der Waals surface area contributed by atoms with Crippen molar-refractivity contribution in [3.8, 4) is 0 Å². The van der Waals surface area contributed by atoms with Crippen LogP contribution in [0.1, 0.15) is 35.9 Å². The largest absolute Gasteiger partial charge is 0.442 e. The maximum Gasteiger partial charge on any atom is 0.410 e. The van der Waals surface area contributed by atoms with Crippen molar-refractivity contribution in [2.45, 2.75) is 38.3 Å². The number of fused-ring (bicyclic) bond motifs is 1. The summed E-state index contributed by atoms with van der Waals surface area (Å²) in [5.41, 5.74) is 1.41. The molecule has 0 radical (unpaired) electrons. The summed E-state index contributed by atoms with van der Waals surface area (Å²) in [5, 5.41) is 7.08. The molecule has 3 aliphatic heterocycles. The summed E-state index contributed by atoms with van der Waals surface area (Å²) in [7, 11) is 0. The zero-order valence-electron chi connectivity index (χ0n) is 16.4. The van der Waals surface area contributed by atoms with Gasteiger partial charge in [0.15, 0.2) is 0 Å². The molecular formula is C19H29N5O4. The molecule has 9 nitrogen and oxygen atoms in total. The first kappa shape index (κ1) is 19.2. The van der Waals surface area contributed by atoms with E-state index < -0.39 is 0 Å². The minimum atomic E-state index is -0.255. The molecule has 2 atom stereocenters. The number of hydrogen-bond acceptors (Lipinski definition) is 6. The van der Waals surface area contributed by atoms with E-state index in [0.717, 1.165) is 57.8 Å². The molecule has 1 aromatic rings. The molecule has 1 N–H and O–H groups in total. The average molecular weight is 391 g/mol. The van der Waals surface area contributed by atoms with Gasteiger partial charge in [-0.15, -0.1) is 0 Å². The van der Waals surface area contributed by atoms with Gasteiger partial charge in [-0.25, -0.2) is 4.79 Å². The molecule has 0 aliphatic carbocycles. The van der Waals surface area contributed by atoms with Gasteiger partial charge < -0.3 is 14.4 Å². The van der Waals surface area contributed by atoms with Crippen LogP contribution in [0.5, 0.6) is 0 Å². The van der Waals surface area contributed by atoms with Crippen molar-refractivity contribution in [3.63, 3.8) is 0 Å². The lowest BCUT2D eigenvalue weighted by molar-refractivity contribution is 0.0362. The highest BCUT2D eigenvalue weighted by atomic mass is 16.6. The lowest BCUT2D eigenvalue weighted by atomic mass is 10.2. The summed E-state index contributed by atoms with van der Waals surface area (Å²) >= 11 is 0. The van der Waals surface area contributed by atoms with E-state index in [9.17, 15) is 9.59 Å². The Kier molecular flexibility index (Phi) is 5.82. The summed E-state index contributed by atoms with van der Waals surface area (Å²) in [6, 6.07) is 1.77. The number of nitrogens with one attached hydrogen (secondary N) is 1. The Labute approximate surface area is 164 Å². The Balaban J connectivity index is 1.31. The smallest absolute Gasteiger partial charge is 0.410 e. The quantitative estimate of drug-likeness (QED) is 0.737. The lowest BCUT2D eigenvalue weighted by Crippen LogP contribution is -2.42. The van der Waals surface area contributed by atoms with Crippen molar-refractivity contribution in [2.24, 2.45) is 0 Å². The zero-order chi connectivity index (χ0) is 19.5. The molecule has 154 valence electrons. The standard InChI is InChI=1S/C19H29N5O4/c1-2-4-14-11-15(21-20-14)18(25)23-12-16-17(13-23)28-19(26)24(16)6-3-5-22-7-9-27-10-8-22/h11,16-17H,2-10,12-13H2,1H3,(H,20,21)/t16-,17+/m0/s1. The molecule has 0 spiro atoms. The van der Waals surface area contributed by atoms with Crippen LogP contribution in [-0.2, 0) is 15.9 Å². The van der Waals surface area contributed by atoms with Crippen LogP contribution in [0.4, 0.5) is 4.79 Å². The van der Waals surface area contributed by atoms with E-state index in [0.29, 0.717) is 25.3 Å². The second-order valence-corrected chi connectivity index (χ2v) is 7.73. The molecule has 4 heterocycles. The second kappa shape index (κ2) is 8.48. The van der Waals surface area contributed by atoms with E-state index >= 15 is 0 Å². The highest BCUT2D eigenvalue weighted by Crippen LogP contribution is 2.28. The van der Waals surface area contributed by atoms with Gasteiger partial charge in [0.1, 0.15) is 11.8 Å². The van der Waals surface area contributed by atoms with Gasteiger partial charge in [0.05, 0.1) is 25.8 Å². The number of likely N-dealkylation sites (tertiary alicyclic amines) is 1. The highest BCUT2D eigenvalue weighted by Gasteiger charge is 2.48. The number of carbonyl (C=O) groups is 2. The first-order valence-corrected chi connectivity index (χ1v) is 10.3. The number of aromatic amines is 1. The van der Waals surface area contributed by atoms with Gasteiger partial charge in [0.25, 0.3) is 5.91 Å². The number of aryl methyl sites for hydroxylation is 1. The van der Waals surface area contributed by atoms with Gasteiger partial charge in [-0.05, 0) is 18.9 Å². The van der Waals surface area contributed by atoms with Crippen molar-refractivity contribution in [1.82, 2.24) is 24.9 Å². The summed E-state index contributed by atoms with van der Waals surface area (Å²) in [6.07, 6.45) is 2.27. The van der Waals surface area contributed by atoms with Gasteiger partial charge in [0, 0.05) is 38.4 Å². The van der Waals surface area contributed by atoms with Gasteiger partial charge >= 0.3 is 6.09 Å². The number of ether oxygens (including phenoxy) is 2. The summed E-state index contributed by atoms with van der Waals surface area (Å²) in [6.45, 7) is 8.08. The third-order valence-corrected chi connectivity index (χ3v) is 5.76. The predicted octanol–water partition coefficient (Wildman–Crippen LogP) is 0.730. The fourth-order valence-corrected chi connectivity index (χ4v) is 4.25. The second-order valence-electron chi connectivity index (χ2n) is 7.73. The SMILES string of the molecule is CCCc1cc(C(=O)N2C[C@H]3OC(=O)N(CCCN4CCOCC4)[C@H]3C2)n[nH]1. The van der Waals surface area contributed by atoms with Crippen LogP contribution in [0, 0.1) is 0 Å². The number of H-pyrrole nitrogens is 1. The summed E-state index contributed by atoms with van der Waals surface area (Å²) in [5.74, 6) is -0.0997. The van der Waals surface area contributed by atoms with Crippen LogP contribution in [0.2, 0.25) is 0 Å². The number of rotatable bonds is 7. The van der Waals surface area contributed by atoms with Gasteiger partial charge in [-0.3, -0.25) is 19.7 Å². The number of aromatic nitrogens is 2. The number of amides is 2. The van der Waals surface area contributed by atoms with Crippen molar-refractivity contribution in [3.05, 3.63) is 17.5 Å². The fourth-order valence-electron chi connectivity index (χ4n) is 4.25. The minimum Gasteiger partial charge on any atom is -0.442 e. The van der Waals surface area contributed by atoms with Gasteiger partial charge in [0.2, 0.25) is 0 Å². The predicted molar refractivity (Wildman–Crippen MR) is 101 cm³/mol. The van der Waals surface area contributed by atoms with Gasteiger partial charge in [-0.1, -0.05) is 13.3 Å². The molecule has 4 rings (SSSR count). The maximum absolute atomic E-state index is 12.8. The van der Waals surface area contributed by atoms with Crippen molar-refractivity contribution < 1.29 is 19.1 Å². The van der Waals surface area contributed by atoms with E-state index in [1.54, 1.807) is 9.80 Å². The zero-order valence-corrected chi connectivity index (χ0v) is 16.4. The van der Waals surface area contributed by atoms with Gasteiger partial charge in [-0.2, -0.15) is 5.10 Å². The molecular weight excluding hydrogens is 362 g/mol. The fraction of sp³-hybridized carbons (Fsp3) is 0.737. The van der Waals surface area contributed by atoms with E-state index in [2.05, 4.69) is 22.0 Å². The Morgan fingerprint density at radius 2 is 2.11 bits per heavy atom. The summed E-state index contributed by atoms with van der Waals surface area (Å²) < 4.78 is 10.9. The number of morpholine rings is 1. The first-order valence-electron chi connectivity index (χ1n) is 10.3. The third-order valence-electron chi connectivity index (χ3n) is 5.76. The molecule has 0 saturated carbocycles.